The summed E-state index contributed by atoms with van der Waals surface area (Å²) in [6, 6.07) is 23.6. The molecule has 2 aromatic carbocycles. The molecule has 0 N–H and O–H groups in total. The van der Waals surface area contributed by atoms with Gasteiger partial charge in [-0.1, -0.05) is 48.5 Å². The molecule has 8 heteroatoms. The fourth-order valence-corrected chi connectivity index (χ4v) is 4.13. The quantitative estimate of drug-likeness (QED) is 0.284. The largest absolute Gasteiger partial charge is 0.463 e. The molecule has 3 aromatic heterocycles. The van der Waals surface area contributed by atoms with E-state index in [1.54, 1.807) is 24.0 Å². The highest BCUT2D eigenvalue weighted by Gasteiger charge is 2.24. The molecule has 5 aromatic rings. The monoisotopic (exact) mass is 472 g/mol. The topological polar surface area (TPSA) is 64.2 Å². The number of para-hydroxylation sites is 1. The number of carbonyl (C=O) groups is 1. The summed E-state index contributed by atoms with van der Waals surface area (Å²) in [6.07, 6.45) is -1.28. The van der Waals surface area contributed by atoms with Crippen molar-refractivity contribution in [2.45, 2.75) is 26.4 Å². The molecule has 0 atom stereocenters. The van der Waals surface area contributed by atoms with E-state index in [1.807, 2.05) is 60.7 Å². The van der Waals surface area contributed by atoms with Crippen molar-refractivity contribution in [2.24, 2.45) is 0 Å². The predicted molar refractivity (Wildman–Crippen MR) is 129 cm³/mol. The third-order valence-corrected chi connectivity index (χ3v) is 5.75. The van der Waals surface area contributed by atoms with Crippen LogP contribution in [0.5, 0.6) is 0 Å². The molecule has 0 spiro atoms. The SMILES string of the molecule is Cc1nn(CC(=O)N(Cc2ccccc2)c2ccccc2)c2nc(-c3ccco3)cc(C(F)F)c12. The summed E-state index contributed by atoms with van der Waals surface area (Å²) in [5, 5.41) is 4.67. The van der Waals surface area contributed by atoms with E-state index in [1.165, 1.54) is 17.0 Å². The molecule has 3 heterocycles. The standard InChI is InChI=1S/C27H22F2N4O2/c1-18-25-21(26(28)29)15-22(23-13-8-14-35-23)30-27(25)33(31-18)17-24(34)32(20-11-6-3-7-12-20)16-19-9-4-2-5-10-19/h2-15,26H,16-17H2,1H3. The van der Waals surface area contributed by atoms with E-state index in [4.69, 9.17) is 4.42 Å². The van der Waals surface area contributed by atoms with E-state index in [9.17, 15) is 13.6 Å². The number of aryl methyl sites for hydroxylation is 1. The fraction of sp³-hybridized carbons (Fsp3) is 0.148. The van der Waals surface area contributed by atoms with Gasteiger partial charge < -0.3 is 9.32 Å². The summed E-state index contributed by atoms with van der Waals surface area (Å²) in [5.41, 5.74) is 2.36. The van der Waals surface area contributed by atoms with E-state index < -0.39 is 6.43 Å². The molecule has 0 aliphatic heterocycles. The highest BCUT2D eigenvalue weighted by atomic mass is 19.3. The minimum absolute atomic E-state index is 0.163. The molecule has 0 bridgehead atoms. The molecule has 0 unspecified atom stereocenters. The first-order valence-corrected chi connectivity index (χ1v) is 11.1. The molecule has 1 amide bonds. The van der Waals surface area contributed by atoms with Crippen LogP contribution in [0.1, 0.15) is 23.2 Å². The summed E-state index contributed by atoms with van der Waals surface area (Å²) in [4.78, 5) is 19.8. The molecule has 0 aliphatic rings. The van der Waals surface area contributed by atoms with Gasteiger partial charge in [-0.3, -0.25) is 4.79 Å². The van der Waals surface area contributed by atoms with Crippen LogP contribution in [0.2, 0.25) is 0 Å². The molecule has 176 valence electrons. The number of alkyl halides is 2. The Hall–Kier alpha value is -4.33. The Labute approximate surface area is 200 Å². The van der Waals surface area contributed by atoms with E-state index >= 15 is 0 Å². The van der Waals surface area contributed by atoms with Crippen molar-refractivity contribution in [3.63, 3.8) is 0 Å². The van der Waals surface area contributed by atoms with E-state index in [2.05, 4.69) is 10.1 Å². The number of anilines is 1. The number of carbonyl (C=O) groups excluding carboxylic acids is 1. The third-order valence-electron chi connectivity index (χ3n) is 5.75. The zero-order chi connectivity index (χ0) is 24.4. The van der Waals surface area contributed by atoms with Crippen LogP contribution in [-0.2, 0) is 17.9 Å². The zero-order valence-electron chi connectivity index (χ0n) is 18.9. The Balaban J connectivity index is 1.56. The zero-order valence-corrected chi connectivity index (χ0v) is 18.9. The van der Waals surface area contributed by atoms with Gasteiger partial charge in [0.25, 0.3) is 6.43 Å². The molecule has 0 radical (unpaired) electrons. The van der Waals surface area contributed by atoms with Crippen molar-refractivity contribution in [3.05, 3.63) is 102 Å². The minimum atomic E-state index is -2.74. The normalized spacial score (nSPS) is 11.3. The molecule has 5 rings (SSSR count). The van der Waals surface area contributed by atoms with Crippen LogP contribution in [0.25, 0.3) is 22.5 Å². The van der Waals surface area contributed by atoms with Crippen LogP contribution in [0.3, 0.4) is 0 Å². The number of halogens is 2. The maximum Gasteiger partial charge on any atom is 0.264 e. The summed E-state index contributed by atoms with van der Waals surface area (Å²) in [5.74, 6) is 0.119. The Bertz CT molecular complexity index is 1450. The number of rotatable bonds is 7. The van der Waals surface area contributed by atoms with Crippen LogP contribution >= 0.6 is 0 Å². The molecular weight excluding hydrogens is 450 g/mol. The Kier molecular flexibility index (Phi) is 6.10. The summed E-state index contributed by atoms with van der Waals surface area (Å²) in [6.45, 7) is 1.83. The van der Waals surface area contributed by atoms with E-state index in [0.29, 0.717) is 18.0 Å². The number of pyridine rings is 1. The van der Waals surface area contributed by atoms with Gasteiger partial charge in [0.05, 0.1) is 23.9 Å². The van der Waals surface area contributed by atoms with Crippen molar-refractivity contribution in [3.8, 4) is 11.5 Å². The third kappa shape index (κ3) is 4.55. The lowest BCUT2D eigenvalue weighted by atomic mass is 10.1. The van der Waals surface area contributed by atoms with Gasteiger partial charge in [-0.2, -0.15) is 5.10 Å². The Morgan fingerprint density at radius 1 is 1.03 bits per heavy atom. The Morgan fingerprint density at radius 2 is 1.74 bits per heavy atom. The van der Waals surface area contributed by atoms with Crippen molar-refractivity contribution in [1.82, 2.24) is 14.8 Å². The number of nitrogens with zero attached hydrogens (tertiary/aromatic N) is 4. The van der Waals surface area contributed by atoms with Crippen LogP contribution in [-0.4, -0.2) is 20.7 Å². The summed E-state index contributed by atoms with van der Waals surface area (Å²) < 4.78 is 34.8. The molecule has 35 heavy (non-hydrogen) atoms. The molecule has 6 nitrogen and oxygen atoms in total. The van der Waals surface area contributed by atoms with Gasteiger partial charge in [0.1, 0.15) is 12.2 Å². The predicted octanol–water partition coefficient (Wildman–Crippen LogP) is 6.17. The number of fused-ring (bicyclic) bond motifs is 1. The molecule has 0 saturated carbocycles. The fourth-order valence-electron chi connectivity index (χ4n) is 4.13. The first-order valence-electron chi connectivity index (χ1n) is 11.1. The lowest BCUT2D eigenvalue weighted by Crippen LogP contribution is -2.33. The van der Waals surface area contributed by atoms with Gasteiger partial charge in [0.2, 0.25) is 5.91 Å². The average Bonchev–Trinajstić information content (AvgIpc) is 3.52. The number of benzene rings is 2. The molecule has 0 aliphatic carbocycles. The smallest absolute Gasteiger partial charge is 0.264 e. The number of furan rings is 1. The van der Waals surface area contributed by atoms with Gasteiger partial charge in [-0.15, -0.1) is 0 Å². The average molecular weight is 472 g/mol. The van der Waals surface area contributed by atoms with E-state index in [-0.39, 0.29) is 34.7 Å². The summed E-state index contributed by atoms with van der Waals surface area (Å²) in [7, 11) is 0. The highest BCUT2D eigenvalue weighted by Crippen LogP contribution is 2.33. The number of hydrogen-bond acceptors (Lipinski definition) is 4. The van der Waals surface area contributed by atoms with E-state index in [0.717, 1.165) is 11.3 Å². The number of hydrogen-bond donors (Lipinski definition) is 0. The molecule has 0 saturated heterocycles. The van der Waals surface area contributed by atoms with Crippen molar-refractivity contribution in [2.75, 3.05) is 4.90 Å². The lowest BCUT2D eigenvalue weighted by Gasteiger charge is -2.23. The van der Waals surface area contributed by atoms with Crippen molar-refractivity contribution in [1.29, 1.82) is 0 Å². The maximum atomic E-state index is 14.0. The van der Waals surface area contributed by atoms with Gasteiger partial charge in [-0.25, -0.2) is 18.4 Å². The first-order chi connectivity index (χ1) is 17.0. The van der Waals surface area contributed by atoms with Gasteiger partial charge in [0, 0.05) is 11.3 Å². The van der Waals surface area contributed by atoms with Gasteiger partial charge in [-0.05, 0) is 42.8 Å². The van der Waals surface area contributed by atoms with Crippen LogP contribution in [0, 0.1) is 6.92 Å². The Morgan fingerprint density at radius 3 is 2.40 bits per heavy atom. The van der Waals surface area contributed by atoms with Gasteiger partial charge in [0.15, 0.2) is 11.4 Å². The highest BCUT2D eigenvalue weighted by molar-refractivity contribution is 5.94. The number of amides is 1. The second kappa shape index (κ2) is 9.50. The second-order valence-corrected chi connectivity index (χ2v) is 8.12. The minimum Gasteiger partial charge on any atom is -0.463 e. The van der Waals surface area contributed by atoms with Crippen LogP contribution < -0.4 is 4.90 Å². The molecule has 0 fully saturated rings. The van der Waals surface area contributed by atoms with Crippen molar-refractivity contribution < 1.29 is 18.0 Å². The van der Waals surface area contributed by atoms with Gasteiger partial charge >= 0.3 is 0 Å². The summed E-state index contributed by atoms with van der Waals surface area (Å²) >= 11 is 0. The number of aromatic nitrogens is 3. The van der Waals surface area contributed by atoms with Crippen molar-refractivity contribution >= 4 is 22.6 Å². The van der Waals surface area contributed by atoms with Crippen LogP contribution in [0.15, 0.2) is 89.5 Å². The van der Waals surface area contributed by atoms with Crippen LogP contribution in [0.4, 0.5) is 14.5 Å². The lowest BCUT2D eigenvalue weighted by molar-refractivity contribution is -0.119. The first kappa shape index (κ1) is 22.5. The maximum absolute atomic E-state index is 14.0. The molecular formula is C27H22F2N4O2. The second-order valence-electron chi connectivity index (χ2n) is 8.12.